The van der Waals surface area contributed by atoms with Gasteiger partial charge in [-0.2, -0.15) is 0 Å². The van der Waals surface area contributed by atoms with Crippen LogP contribution in [0.3, 0.4) is 0 Å². The number of benzene rings is 1. The van der Waals surface area contributed by atoms with Gasteiger partial charge in [-0.1, -0.05) is 0 Å². The zero-order valence-electron chi connectivity index (χ0n) is 13.9. The minimum atomic E-state index is -2.38. The van der Waals surface area contributed by atoms with Gasteiger partial charge in [0.05, 0.1) is 0 Å². The number of rotatable bonds is 10. The molecule has 0 aliphatic rings. The molecule has 120 valence electrons. The van der Waals surface area contributed by atoms with E-state index < -0.39 is 18.4 Å². The molecule has 21 heavy (non-hydrogen) atoms. The molecule has 0 aromatic heterocycles. The Labute approximate surface area is 145 Å². The summed E-state index contributed by atoms with van der Waals surface area (Å²) in [4.78, 5) is 0. The number of unbranched alkanes of at least 4 members (excludes halogenated alkanes) is 3. The monoisotopic (exact) mass is 436 g/mol. The first-order chi connectivity index (χ1) is 10.1. The molecule has 1 aromatic rings. The Kier molecular flexibility index (Phi) is 9.72. The van der Waals surface area contributed by atoms with Crippen molar-refractivity contribution in [2.24, 2.45) is 0 Å². The van der Waals surface area contributed by atoms with Gasteiger partial charge in [-0.3, -0.25) is 0 Å². The molecular weight excluding hydrogens is 406 g/mol. The van der Waals surface area contributed by atoms with Crippen LogP contribution in [0.25, 0.3) is 0 Å². The zero-order valence-corrected chi connectivity index (χ0v) is 18.2. The van der Waals surface area contributed by atoms with Crippen LogP contribution in [0, 0.1) is 0 Å². The molecule has 0 fully saturated rings. The summed E-state index contributed by atoms with van der Waals surface area (Å²) in [5.74, 6) is 0. The Bertz CT molecular complexity index is 396. The molecule has 1 aromatic carbocycles. The predicted octanol–water partition coefficient (Wildman–Crippen LogP) is 7.05. The number of hydrogen-bond acceptors (Lipinski definition) is 0. The molecule has 0 atom stereocenters. The van der Waals surface area contributed by atoms with Gasteiger partial charge < -0.3 is 0 Å². The van der Waals surface area contributed by atoms with Gasteiger partial charge in [0.25, 0.3) is 0 Å². The van der Waals surface area contributed by atoms with Gasteiger partial charge in [0.1, 0.15) is 0 Å². The molecule has 0 amide bonds. The van der Waals surface area contributed by atoms with Crippen molar-refractivity contribution >= 4 is 45.2 Å². The molecule has 0 nitrogen and oxygen atoms in total. The van der Waals surface area contributed by atoms with Crippen molar-refractivity contribution in [2.75, 3.05) is 0 Å². The Hall–Kier alpha value is 0.599. The third-order valence-electron chi connectivity index (χ3n) is 4.53. The quantitative estimate of drug-likeness (QED) is 0.345. The second-order valence-electron chi connectivity index (χ2n) is 6.22. The van der Waals surface area contributed by atoms with E-state index in [0.29, 0.717) is 0 Å². The Morgan fingerprint density at radius 1 is 0.810 bits per heavy atom. The van der Waals surface area contributed by atoms with E-state index in [1.165, 1.54) is 55.4 Å². The zero-order chi connectivity index (χ0) is 15.7. The topological polar surface area (TPSA) is 0 Å². The standard InChI is InChI=1S/C6H3Cl2.3C4H9.Sn/c7-5-2-1-3-6(8)4-5;3*1-3-4-2;/h1-2,4H;3*1,3-4H2,2H3;. The third kappa shape index (κ3) is 5.95. The fraction of sp³-hybridized carbons (Fsp3) is 0.667. The van der Waals surface area contributed by atoms with Crippen molar-refractivity contribution in [3.8, 4) is 0 Å². The van der Waals surface area contributed by atoms with Crippen LogP contribution in [-0.4, -0.2) is 18.4 Å². The van der Waals surface area contributed by atoms with E-state index in [0.717, 1.165) is 10.0 Å². The van der Waals surface area contributed by atoms with Crippen LogP contribution in [0.15, 0.2) is 18.2 Å². The average molecular weight is 436 g/mol. The van der Waals surface area contributed by atoms with Gasteiger partial charge in [-0.15, -0.1) is 0 Å². The van der Waals surface area contributed by atoms with Crippen molar-refractivity contribution in [3.05, 3.63) is 28.2 Å². The van der Waals surface area contributed by atoms with Gasteiger partial charge >= 0.3 is 146 Å². The SMILES string of the molecule is CCC[CH2][Sn]([CH2]CCC)([CH2]CCC)[c]1ccc(Cl)cc1Cl. The molecule has 0 bridgehead atoms. The second-order valence-corrected chi connectivity index (χ2v) is 20.2. The fourth-order valence-corrected chi connectivity index (χ4v) is 21.2. The molecule has 0 N–H and O–H groups in total. The first-order valence-corrected chi connectivity index (χ1v) is 16.8. The molecule has 0 aliphatic heterocycles. The summed E-state index contributed by atoms with van der Waals surface area (Å²) in [6.07, 6.45) is 7.97. The minimum absolute atomic E-state index is 0.769. The summed E-state index contributed by atoms with van der Waals surface area (Å²) in [5, 5.41) is 1.71. The number of hydrogen-bond donors (Lipinski definition) is 0. The average Bonchev–Trinajstić information content (AvgIpc) is 2.47. The van der Waals surface area contributed by atoms with Gasteiger partial charge in [-0.25, -0.2) is 0 Å². The first kappa shape index (κ1) is 19.6. The summed E-state index contributed by atoms with van der Waals surface area (Å²) in [6, 6.07) is 6.29. The molecule has 0 unspecified atom stereocenters. The molecule has 0 saturated carbocycles. The van der Waals surface area contributed by atoms with Crippen molar-refractivity contribution in [2.45, 2.75) is 72.6 Å². The number of halogens is 2. The second kappa shape index (κ2) is 10.4. The molecule has 0 saturated heterocycles. The molecular formula is C18H30Cl2Sn. The van der Waals surface area contributed by atoms with Crippen molar-refractivity contribution in [3.63, 3.8) is 0 Å². The molecule has 1 rings (SSSR count). The van der Waals surface area contributed by atoms with E-state index in [4.69, 9.17) is 23.2 Å². The van der Waals surface area contributed by atoms with E-state index in [1.807, 2.05) is 6.07 Å². The van der Waals surface area contributed by atoms with Gasteiger partial charge in [-0.05, 0) is 0 Å². The van der Waals surface area contributed by atoms with E-state index in [1.54, 1.807) is 0 Å². The Balaban J connectivity index is 3.15. The van der Waals surface area contributed by atoms with Crippen molar-refractivity contribution < 1.29 is 0 Å². The summed E-state index contributed by atoms with van der Waals surface area (Å²) in [7, 11) is 0. The third-order valence-corrected chi connectivity index (χ3v) is 21.3. The van der Waals surface area contributed by atoms with E-state index in [9.17, 15) is 0 Å². The van der Waals surface area contributed by atoms with E-state index >= 15 is 0 Å². The molecule has 0 spiro atoms. The van der Waals surface area contributed by atoms with Gasteiger partial charge in [0.2, 0.25) is 0 Å². The molecule has 0 radical (unpaired) electrons. The predicted molar refractivity (Wildman–Crippen MR) is 101 cm³/mol. The summed E-state index contributed by atoms with van der Waals surface area (Å²) in [6.45, 7) is 6.92. The van der Waals surface area contributed by atoms with Crippen LogP contribution in [-0.2, 0) is 0 Å². The van der Waals surface area contributed by atoms with E-state index in [2.05, 4.69) is 32.9 Å². The first-order valence-electron chi connectivity index (χ1n) is 8.55. The summed E-state index contributed by atoms with van der Waals surface area (Å²) < 4.78 is 5.89. The maximum absolute atomic E-state index is 6.62. The normalized spacial score (nSPS) is 11.9. The van der Waals surface area contributed by atoms with Gasteiger partial charge in [0, 0.05) is 0 Å². The molecule has 0 heterocycles. The Morgan fingerprint density at radius 3 is 1.67 bits per heavy atom. The van der Waals surface area contributed by atoms with Crippen LogP contribution >= 0.6 is 23.2 Å². The molecule has 3 heteroatoms. The van der Waals surface area contributed by atoms with Crippen LogP contribution in [0.2, 0.25) is 23.4 Å². The summed E-state index contributed by atoms with van der Waals surface area (Å²) >= 11 is 10.4. The maximum atomic E-state index is 6.62. The van der Waals surface area contributed by atoms with Crippen molar-refractivity contribution in [1.82, 2.24) is 0 Å². The van der Waals surface area contributed by atoms with Crippen LogP contribution in [0.1, 0.15) is 59.3 Å². The Morgan fingerprint density at radius 2 is 1.29 bits per heavy atom. The van der Waals surface area contributed by atoms with Crippen LogP contribution < -0.4 is 3.58 Å². The van der Waals surface area contributed by atoms with Crippen LogP contribution in [0.5, 0.6) is 0 Å². The van der Waals surface area contributed by atoms with E-state index in [-0.39, 0.29) is 0 Å². The van der Waals surface area contributed by atoms with Gasteiger partial charge in [0.15, 0.2) is 0 Å². The fourth-order valence-electron chi connectivity index (χ4n) is 3.24. The summed E-state index contributed by atoms with van der Waals surface area (Å²) in [5.41, 5.74) is 0. The molecule has 0 aliphatic carbocycles. The van der Waals surface area contributed by atoms with Crippen LogP contribution in [0.4, 0.5) is 0 Å². The van der Waals surface area contributed by atoms with Crippen molar-refractivity contribution in [1.29, 1.82) is 0 Å².